The molecule has 1 amide bonds. The van der Waals surface area contributed by atoms with Crippen molar-refractivity contribution in [2.24, 2.45) is 0 Å². The molecule has 1 aliphatic rings. The molecule has 0 bridgehead atoms. The van der Waals surface area contributed by atoms with Gasteiger partial charge in [0, 0.05) is 44.0 Å². The molecule has 10 heteroatoms. The van der Waals surface area contributed by atoms with Crippen molar-refractivity contribution in [3.8, 4) is 11.3 Å². The Labute approximate surface area is 177 Å². The van der Waals surface area contributed by atoms with Gasteiger partial charge in [0.25, 0.3) is 5.91 Å². The maximum Gasteiger partial charge on any atom is 0.311 e. The van der Waals surface area contributed by atoms with Crippen LogP contribution in [0.2, 0.25) is 0 Å². The number of carbonyl (C=O) groups excluding carboxylic acids is 1. The summed E-state index contributed by atoms with van der Waals surface area (Å²) in [6, 6.07) is 11.6. The predicted molar refractivity (Wildman–Crippen MR) is 114 cm³/mol. The minimum absolute atomic E-state index is 0.192. The van der Waals surface area contributed by atoms with Crippen molar-refractivity contribution < 1.29 is 14.1 Å². The molecular weight excluding hydrogens is 403 g/mol. The first-order valence-corrected chi connectivity index (χ1v) is 9.66. The first kappa shape index (κ1) is 20.4. The summed E-state index contributed by atoms with van der Waals surface area (Å²) >= 11 is 0. The van der Waals surface area contributed by atoms with E-state index in [9.17, 15) is 19.3 Å². The number of nitrogens with zero attached hydrogens (tertiary/aromatic N) is 4. The number of piperazine rings is 1. The van der Waals surface area contributed by atoms with Gasteiger partial charge in [-0.3, -0.25) is 14.9 Å². The number of nitrogens with one attached hydrogen (secondary N) is 2. The van der Waals surface area contributed by atoms with Crippen LogP contribution in [0.15, 0.2) is 54.7 Å². The van der Waals surface area contributed by atoms with E-state index in [1.807, 2.05) is 0 Å². The van der Waals surface area contributed by atoms with Gasteiger partial charge in [0.1, 0.15) is 11.6 Å². The van der Waals surface area contributed by atoms with Crippen LogP contribution >= 0.6 is 0 Å². The van der Waals surface area contributed by atoms with Crippen molar-refractivity contribution >= 4 is 23.2 Å². The Morgan fingerprint density at radius 3 is 2.48 bits per heavy atom. The molecule has 0 atom stereocenters. The third-order valence-electron chi connectivity index (χ3n) is 4.89. The summed E-state index contributed by atoms with van der Waals surface area (Å²) in [7, 11) is 0. The molecular formula is C21H19FN6O3. The Hall–Kier alpha value is -3.92. The number of pyridine rings is 2. The number of halogens is 1. The molecule has 0 unspecified atom stereocenters. The van der Waals surface area contributed by atoms with E-state index in [2.05, 4.69) is 25.5 Å². The molecule has 3 heterocycles. The lowest BCUT2D eigenvalue weighted by molar-refractivity contribution is -0.384. The highest BCUT2D eigenvalue weighted by Crippen LogP contribution is 2.27. The molecule has 0 radical (unpaired) electrons. The standard InChI is InChI=1S/C21H19FN6O3/c22-16-4-1-14(2-5-16)17-6-7-18(28(30)31)20(25-17)26-21(29)15-3-8-19(24-13-15)27-11-9-23-10-12-27/h1-8,13,23H,9-12H2,(H,25,26,29). The molecule has 9 nitrogen and oxygen atoms in total. The van der Waals surface area contributed by atoms with Crippen molar-refractivity contribution in [3.05, 3.63) is 76.2 Å². The average Bonchev–Trinajstić information content (AvgIpc) is 2.80. The van der Waals surface area contributed by atoms with Crippen molar-refractivity contribution in [3.63, 3.8) is 0 Å². The van der Waals surface area contributed by atoms with E-state index in [1.54, 1.807) is 12.1 Å². The summed E-state index contributed by atoms with van der Waals surface area (Å²) in [5.74, 6) is -0.398. The van der Waals surface area contributed by atoms with E-state index in [0.29, 0.717) is 11.3 Å². The summed E-state index contributed by atoms with van der Waals surface area (Å²) in [4.78, 5) is 34.1. The second-order valence-electron chi connectivity index (χ2n) is 6.92. The van der Waals surface area contributed by atoms with Gasteiger partial charge in [0.2, 0.25) is 5.82 Å². The zero-order valence-electron chi connectivity index (χ0n) is 16.4. The molecule has 0 saturated carbocycles. The van der Waals surface area contributed by atoms with Gasteiger partial charge in [-0.1, -0.05) is 0 Å². The number of aromatic nitrogens is 2. The van der Waals surface area contributed by atoms with Crippen LogP contribution < -0.4 is 15.5 Å². The number of hydrogen-bond donors (Lipinski definition) is 2. The van der Waals surface area contributed by atoms with E-state index in [-0.39, 0.29) is 17.1 Å². The number of carbonyl (C=O) groups is 1. The Balaban J connectivity index is 1.56. The van der Waals surface area contributed by atoms with Crippen molar-refractivity contribution in [2.45, 2.75) is 0 Å². The maximum atomic E-state index is 13.2. The molecule has 1 fully saturated rings. The molecule has 2 aromatic heterocycles. The average molecular weight is 422 g/mol. The second kappa shape index (κ2) is 8.84. The summed E-state index contributed by atoms with van der Waals surface area (Å²) in [5, 5.41) is 17.2. The largest absolute Gasteiger partial charge is 0.354 e. The third-order valence-corrected chi connectivity index (χ3v) is 4.89. The molecule has 1 aliphatic heterocycles. The van der Waals surface area contributed by atoms with Crippen LogP contribution in [0.5, 0.6) is 0 Å². The first-order chi connectivity index (χ1) is 15.0. The highest BCUT2D eigenvalue weighted by Gasteiger charge is 2.20. The van der Waals surface area contributed by atoms with Gasteiger partial charge in [-0.25, -0.2) is 14.4 Å². The van der Waals surface area contributed by atoms with Gasteiger partial charge in [-0.15, -0.1) is 0 Å². The van der Waals surface area contributed by atoms with Crippen LogP contribution in [0, 0.1) is 15.9 Å². The molecule has 2 N–H and O–H groups in total. The van der Waals surface area contributed by atoms with E-state index < -0.39 is 16.6 Å². The Morgan fingerprint density at radius 1 is 1.10 bits per heavy atom. The summed E-state index contributed by atoms with van der Waals surface area (Å²) in [6.45, 7) is 3.38. The molecule has 1 saturated heterocycles. The van der Waals surface area contributed by atoms with E-state index in [1.165, 1.54) is 42.6 Å². The summed E-state index contributed by atoms with van der Waals surface area (Å²) in [6.07, 6.45) is 1.43. The summed E-state index contributed by atoms with van der Waals surface area (Å²) < 4.78 is 13.2. The fraction of sp³-hybridized carbons (Fsp3) is 0.190. The van der Waals surface area contributed by atoms with Gasteiger partial charge >= 0.3 is 5.69 Å². The Morgan fingerprint density at radius 2 is 1.84 bits per heavy atom. The Bertz CT molecular complexity index is 1100. The predicted octanol–water partition coefficient (Wildman–Crippen LogP) is 2.85. The van der Waals surface area contributed by atoms with Crippen LogP contribution in [-0.4, -0.2) is 47.0 Å². The van der Waals surface area contributed by atoms with Crippen molar-refractivity contribution in [1.82, 2.24) is 15.3 Å². The minimum Gasteiger partial charge on any atom is -0.354 e. The normalized spacial score (nSPS) is 13.6. The molecule has 31 heavy (non-hydrogen) atoms. The van der Waals surface area contributed by atoms with Crippen LogP contribution in [0.3, 0.4) is 0 Å². The van der Waals surface area contributed by atoms with Crippen LogP contribution in [-0.2, 0) is 0 Å². The number of benzene rings is 1. The van der Waals surface area contributed by atoms with Gasteiger partial charge in [0.05, 0.1) is 16.2 Å². The van der Waals surface area contributed by atoms with E-state index >= 15 is 0 Å². The van der Waals surface area contributed by atoms with Crippen molar-refractivity contribution in [2.75, 3.05) is 36.4 Å². The van der Waals surface area contributed by atoms with Gasteiger partial charge < -0.3 is 15.5 Å². The molecule has 4 rings (SSSR count). The van der Waals surface area contributed by atoms with Crippen LogP contribution in [0.4, 0.5) is 21.7 Å². The fourth-order valence-corrected chi connectivity index (χ4v) is 3.25. The van der Waals surface area contributed by atoms with Crippen LogP contribution in [0.25, 0.3) is 11.3 Å². The van der Waals surface area contributed by atoms with Gasteiger partial charge in [-0.05, 0) is 42.5 Å². The lowest BCUT2D eigenvalue weighted by Crippen LogP contribution is -2.43. The maximum absolute atomic E-state index is 13.2. The van der Waals surface area contributed by atoms with Gasteiger partial charge in [-0.2, -0.15) is 0 Å². The molecule has 0 spiro atoms. The van der Waals surface area contributed by atoms with E-state index in [4.69, 9.17) is 0 Å². The fourth-order valence-electron chi connectivity index (χ4n) is 3.25. The number of nitro groups is 1. The zero-order valence-corrected chi connectivity index (χ0v) is 16.4. The quantitative estimate of drug-likeness (QED) is 0.480. The number of anilines is 2. The monoisotopic (exact) mass is 422 g/mol. The molecule has 1 aromatic carbocycles. The minimum atomic E-state index is -0.622. The van der Waals surface area contributed by atoms with Crippen LogP contribution in [0.1, 0.15) is 10.4 Å². The summed E-state index contributed by atoms with van der Waals surface area (Å²) in [5.41, 5.74) is 0.841. The van der Waals surface area contributed by atoms with Gasteiger partial charge in [0.15, 0.2) is 0 Å². The highest BCUT2D eigenvalue weighted by molar-refractivity contribution is 6.04. The zero-order chi connectivity index (χ0) is 21.8. The lowest BCUT2D eigenvalue weighted by Gasteiger charge is -2.28. The van der Waals surface area contributed by atoms with Crippen molar-refractivity contribution in [1.29, 1.82) is 0 Å². The smallest absolute Gasteiger partial charge is 0.311 e. The number of hydrogen-bond acceptors (Lipinski definition) is 7. The topological polar surface area (TPSA) is 113 Å². The number of rotatable bonds is 5. The first-order valence-electron chi connectivity index (χ1n) is 9.66. The second-order valence-corrected chi connectivity index (χ2v) is 6.92. The highest BCUT2D eigenvalue weighted by atomic mass is 19.1. The third kappa shape index (κ3) is 4.64. The molecule has 158 valence electrons. The SMILES string of the molecule is O=C(Nc1nc(-c2ccc(F)cc2)ccc1[N+](=O)[O-])c1ccc(N2CCNCC2)nc1. The lowest BCUT2D eigenvalue weighted by atomic mass is 10.1. The Kier molecular flexibility index (Phi) is 5.80. The number of amides is 1. The molecule has 3 aromatic rings. The van der Waals surface area contributed by atoms with E-state index in [0.717, 1.165) is 32.0 Å². The molecule has 0 aliphatic carbocycles.